The Labute approximate surface area is 137 Å². The number of carbonyl (C=O) groups is 1. The van der Waals surface area contributed by atoms with Gasteiger partial charge in [-0.2, -0.15) is 0 Å². The molecule has 0 spiro atoms. The van der Waals surface area contributed by atoms with Crippen molar-refractivity contribution in [2.24, 2.45) is 0 Å². The van der Waals surface area contributed by atoms with Crippen molar-refractivity contribution in [3.63, 3.8) is 0 Å². The van der Waals surface area contributed by atoms with Crippen molar-refractivity contribution in [2.75, 3.05) is 12.4 Å². The number of aromatic nitrogens is 4. The van der Waals surface area contributed by atoms with E-state index in [1.165, 1.54) is 18.0 Å². The number of methoxy groups -OCH3 is 1. The highest BCUT2D eigenvalue weighted by molar-refractivity contribution is 5.90. The molecule has 0 saturated carbocycles. The van der Waals surface area contributed by atoms with E-state index in [-0.39, 0.29) is 24.4 Å². The second kappa shape index (κ2) is 6.86. The summed E-state index contributed by atoms with van der Waals surface area (Å²) in [5.41, 5.74) is 0.824. The molecule has 0 aliphatic carbocycles. The molecule has 0 bridgehead atoms. The number of benzene rings is 1. The standard InChI is InChI=1S/C16H15N5O3/c1-24-15-7-6-11(10-17-15)18-14(22)8-9-21-16(23)12-4-2-3-5-13(12)19-20-21/h2-7,10H,8-9H2,1H3,(H,18,22). The van der Waals surface area contributed by atoms with Crippen molar-refractivity contribution >= 4 is 22.5 Å². The van der Waals surface area contributed by atoms with E-state index < -0.39 is 0 Å². The predicted molar refractivity (Wildman–Crippen MR) is 87.8 cm³/mol. The van der Waals surface area contributed by atoms with Gasteiger partial charge in [0, 0.05) is 12.5 Å². The molecule has 0 aliphatic heterocycles. The van der Waals surface area contributed by atoms with Crippen molar-refractivity contribution in [2.45, 2.75) is 13.0 Å². The summed E-state index contributed by atoms with van der Waals surface area (Å²) in [5, 5.41) is 11.0. The fraction of sp³-hybridized carbons (Fsp3) is 0.188. The Morgan fingerprint density at radius 1 is 1.25 bits per heavy atom. The molecular formula is C16H15N5O3. The van der Waals surface area contributed by atoms with Gasteiger partial charge in [-0.15, -0.1) is 5.10 Å². The van der Waals surface area contributed by atoms with E-state index in [1.54, 1.807) is 36.4 Å². The molecule has 0 unspecified atom stereocenters. The minimum absolute atomic E-state index is 0.0962. The molecule has 0 aliphatic rings. The van der Waals surface area contributed by atoms with Crippen molar-refractivity contribution in [3.05, 3.63) is 52.9 Å². The Morgan fingerprint density at radius 2 is 2.08 bits per heavy atom. The highest BCUT2D eigenvalue weighted by Crippen LogP contribution is 2.11. The maximum absolute atomic E-state index is 12.3. The lowest BCUT2D eigenvalue weighted by Gasteiger charge is -2.07. The molecular weight excluding hydrogens is 310 g/mol. The number of fused-ring (bicyclic) bond motifs is 1. The Balaban J connectivity index is 1.65. The van der Waals surface area contributed by atoms with E-state index in [1.807, 2.05) is 0 Å². The summed E-state index contributed by atoms with van der Waals surface area (Å²) >= 11 is 0. The number of anilines is 1. The highest BCUT2D eigenvalue weighted by Gasteiger charge is 2.08. The van der Waals surface area contributed by atoms with Crippen LogP contribution in [0.3, 0.4) is 0 Å². The lowest BCUT2D eigenvalue weighted by atomic mass is 10.2. The molecule has 8 nitrogen and oxygen atoms in total. The van der Waals surface area contributed by atoms with Gasteiger partial charge in [-0.1, -0.05) is 17.3 Å². The van der Waals surface area contributed by atoms with Crippen molar-refractivity contribution in [1.29, 1.82) is 0 Å². The SMILES string of the molecule is COc1ccc(NC(=O)CCn2nnc3ccccc3c2=O)cn1. The fourth-order valence-corrected chi connectivity index (χ4v) is 2.18. The average Bonchev–Trinajstić information content (AvgIpc) is 2.62. The smallest absolute Gasteiger partial charge is 0.277 e. The zero-order chi connectivity index (χ0) is 16.9. The molecule has 0 fully saturated rings. The van der Waals surface area contributed by atoms with Crippen LogP contribution in [-0.2, 0) is 11.3 Å². The van der Waals surface area contributed by atoms with Crippen LogP contribution in [0.4, 0.5) is 5.69 Å². The maximum atomic E-state index is 12.3. The molecule has 3 aromatic rings. The van der Waals surface area contributed by atoms with Crippen LogP contribution in [0.15, 0.2) is 47.4 Å². The minimum Gasteiger partial charge on any atom is -0.481 e. The van der Waals surface area contributed by atoms with Gasteiger partial charge in [-0.25, -0.2) is 9.67 Å². The number of aryl methyl sites for hydroxylation is 1. The third-order valence-electron chi connectivity index (χ3n) is 3.41. The Hall–Kier alpha value is -3.29. The molecule has 1 N–H and O–H groups in total. The normalized spacial score (nSPS) is 10.5. The zero-order valence-corrected chi connectivity index (χ0v) is 13.0. The first-order valence-electron chi connectivity index (χ1n) is 7.30. The molecule has 122 valence electrons. The number of hydrogen-bond acceptors (Lipinski definition) is 6. The third-order valence-corrected chi connectivity index (χ3v) is 3.41. The van der Waals surface area contributed by atoms with Crippen LogP contribution in [0.25, 0.3) is 10.9 Å². The first-order valence-corrected chi connectivity index (χ1v) is 7.30. The summed E-state index contributed by atoms with van der Waals surface area (Å²) in [4.78, 5) is 28.3. The van der Waals surface area contributed by atoms with Gasteiger partial charge in [0.15, 0.2) is 0 Å². The number of nitrogens with zero attached hydrogens (tertiary/aromatic N) is 4. The van der Waals surface area contributed by atoms with Crippen molar-refractivity contribution in [1.82, 2.24) is 20.0 Å². The van der Waals surface area contributed by atoms with Crippen LogP contribution in [0.2, 0.25) is 0 Å². The van der Waals surface area contributed by atoms with Gasteiger partial charge >= 0.3 is 0 Å². The summed E-state index contributed by atoms with van der Waals surface area (Å²) in [7, 11) is 1.52. The monoisotopic (exact) mass is 325 g/mol. The number of ether oxygens (including phenoxy) is 1. The zero-order valence-electron chi connectivity index (χ0n) is 13.0. The maximum Gasteiger partial charge on any atom is 0.277 e. The number of carbonyl (C=O) groups excluding carboxylic acids is 1. The highest BCUT2D eigenvalue weighted by atomic mass is 16.5. The van der Waals surface area contributed by atoms with E-state index in [4.69, 9.17) is 4.74 Å². The molecule has 2 heterocycles. The van der Waals surface area contributed by atoms with Gasteiger partial charge in [0.05, 0.1) is 30.9 Å². The average molecular weight is 325 g/mol. The van der Waals surface area contributed by atoms with Gasteiger partial charge in [0.25, 0.3) is 5.56 Å². The van der Waals surface area contributed by atoms with Crippen LogP contribution >= 0.6 is 0 Å². The second-order valence-corrected chi connectivity index (χ2v) is 5.02. The van der Waals surface area contributed by atoms with Crippen LogP contribution in [-0.4, -0.2) is 33.0 Å². The topological polar surface area (TPSA) is 99.0 Å². The Bertz CT molecular complexity index is 921. The summed E-state index contributed by atoms with van der Waals surface area (Å²) in [6.07, 6.45) is 1.59. The van der Waals surface area contributed by atoms with Gasteiger partial charge in [-0.05, 0) is 18.2 Å². The summed E-state index contributed by atoms with van der Waals surface area (Å²) in [5.74, 6) is 0.217. The second-order valence-electron chi connectivity index (χ2n) is 5.02. The number of rotatable bonds is 5. The van der Waals surface area contributed by atoms with E-state index in [0.29, 0.717) is 22.5 Å². The van der Waals surface area contributed by atoms with Gasteiger partial charge in [-0.3, -0.25) is 9.59 Å². The van der Waals surface area contributed by atoms with E-state index in [9.17, 15) is 9.59 Å². The number of pyridine rings is 1. The first kappa shape index (κ1) is 15.6. The quantitative estimate of drug-likeness (QED) is 0.757. The Kier molecular flexibility index (Phi) is 4.46. The minimum atomic E-state index is -0.264. The molecule has 0 atom stereocenters. The summed E-state index contributed by atoms with van der Waals surface area (Å²) < 4.78 is 6.14. The molecule has 0 saturated heterocycles. The molecule has 2 aromatic heterocycles. The number of nitrogens with one attached hydrogen (secondary N) is 1. The van der Waals surface area contributed by atoms with Crippen LogP contribution in [0.5, 0.6) is 5.88 Å². The van der Waals surface area contributed by atoms with Crippen LogP contribution in [0.1, 0.15) is 6.42 Å². The molecule has 8 heteroatoms. The number of hydrogen-bond donors (Lipinski definition) is 1. The lowest BCUT2D eigenvalue weighted by Crippen LogP contribution is -2.26. The van der Waals surface area contributed by atoms with Crippen molar-refractivity contribution < 1.29 is 9.53 Å². The first-order chi connectivity index (χ1) is 11.7. The van der Waals surface area contributed by atoms with Crippen LogP contribution < -0.4 is 15.6 Å². The fourth-order valence-electron chi connectivity index (χ4n) is 2.18. The molecule has 1 aromatic carbocycles. The van der Waals surface area contributed by atoms with E-state index >= 15 is 0 Å². The van der Waals surface area contributed by atoms with Gasteiger partial charge in [0.1, 0.15) is 5.52 Å². The molecule has 24 heavy (non-hydrogen) atoms. The molecule has 0 radical (unpaired) electrons. The lowest BCUT2D eigenvalue weighted by molar-refractivity contribution is -0.116. The largest absolute Gasteiger partial charge is 0.481 e. The summed E-state index contributed by atoms with van der Waals surface area (Å²) in [6, 6.07) is 10.3. The van der Waals surface area contributed by atoms with Crippen molar-refractivity contribution in [3.8, 4) is 5.88 Å². The summed E-state index contributed by atoms with van der Waals surface area (Å²) in [6.45, 7) is 0.145. The van der Waals surface area contributed by atoms with Gasteiger partial charge < -0.3 is 10.1 Å². The Morgan fingerprint density at radius 3 is 2.83 bits per heavy atom. The predicted octanol–water partition coefficient (Wildman–Crippen LogP) is 1.22. The third kappa shape index (κ3) is 3.37. The van der Waals surface area contributed by atoms with E-state index in [2.05, 4.69) is 20.6 Å². The van der Waals surface area contributed by atoms with Gasteiger partial charge in [0.2, 0.25) is 11.8 Å². The van der Waals surface area contributed by atoms with Crippen LogP contribution in [0, 0.1) is 0 Å². The number of amides is 1. The molecule has 1 amide bonds. The van der Waals surface area contributed by atoms with E-state index in [0.717, 1.165) is 0 Å². The molecule has 3 rings (SSSR count).